The average molecular weight is 342 g/mol. The van der Waals surface area contributed by atoms with Crippen LogP contribution in [-0.2, 0) is 0 Å². The SMILES string of the molecule is C/C(=N/NC(=O)c1n[nH]c(=O)c2ccccc12)c1cc(F)ccc1F. The van der Waals surface area contributed by atoms with Crippen LogP contribution in [-0.4, -0.2) is 21.8 Å². The molecule has 25 heavy (non-hydrogen) atoms. The van der Waals surface area contributed by atoms with E-state index in [9.17, 15) is 18.4 Å². The van der Waals surface area contributed by atoms with Crippen molar-refractivity contribution >= 4 is 22.4 Å². The Bertz CT molecular complexity index is 1060. The van der Waals surface area contributed by atoms with Crippen molar-refractivity contribution in [1.82, 2.24) is 15.6 Å². The number of nitrogens with zero attached hydrogens (tertiary/aromatic N) is 2. The fourth-order valence-corrected chi connectivity index (χ4v) is 2.31. The lowest BCUT2D eigenvalue weighted by atomic mass is 10.1. The zero-order valence-corrected chi connectivity index (χ0v) is 13.0. The van der Waals surface area contributed by atoms with E-state index in [1.807, 2.05) is 0 Å². The fraction of sp³-hybridized carbons (Fsp3) is 0.0588. The highest BCUT2D eigenvalue weighted by Gasteiger charge is 2.14. The van der Waals surface area contributed by atoms with Gasteiger partial charge >= 0.3 is 0 Å². The number of benzene rings is 2. The molecule has 0 aliphatic rings. The third kappa shape index (κ3) is 3.27. The summed E-state index contributed by atoms with van der Waals surface area (Å²) in [5, 5.41) is 10.4. The summed E-state index contributed by atoms with van der Waals surface area (Å²) in [7, 11) is 0. The van der Waals surface area contributed by atoms with Crippen LogP contribution in [0, 0.1) is 11.6 Å². The van der Waals surface area contributed by atoms with Gasteiger partial charge in [-0.3, -0.25) is 9.59 Å². The van der Waals surface area contributed by atoms with Crippen molar-refractivity contribution in [1.29, 1.82) is 0 Å². The summed E-state index contributed by atoms with van der Waals surface area (Å²) < 4.78 is 26.9. The maximum absolute atomic E-state index is 13.7. The van der Waals surface area contributed by atoms with E-state index < -0.39 is 23.1 Å². The van der Waals surface area contributed by atoms with E-state index in [1.54, 1.807) is 24.3 Å². The smallest absolute Gasteiger partial charge is 0.267 e. The Balaban J connectivity index is 1.92. The van der Waals surface area contributed by atoms with Crippen LogP contribution in [0.4, 0.5) is 8.78 Å². The van der Waals surface area contributed by atoms with E-state index in [2.05, 4.69) is 20.7 Å². The molecule has 0 unspecified atom stereocenters. The quantitative estimate of drug-likeness (QED) is 0.566. The number of carbonyl (C=O) groups excluding carboxylic acids is 1. The molecule has 126 valence electrons. The lowest BCUT2D eigenvalue weighted by Gasteiger charge is -2.05. The molecular formula is C17H12F2N4O2. The molecule has 0 saturated heterocycles. The standard InChI is InChI=1S/C17H12F2N4O2/c1-9(13-8-10(18)6-7-14(13)19)20-23-17(25)15-11-4-2-3-5-12(11)16(24)22-21-15/h2-8H,1H3,(H,22,24)(H,23,25)/b20-9-. The Labute approximate surface area is 140 Å². The maximum atomic E-state index is 13.7. The first kappa shape index (κ1) is 16.4. The number of hydrogen-bond acceptors (Lipinski definition) is 4. The van der Waals surface area contributed by atoms with Crippen molar-refractivity contribution in [3.8, 4) is 0 Å². The molecule has 0 saturated carbocycles. The highest BCUT2D eigenvalue weighted by molar-refractivity contribution is 6.06. The van der Waals surface area contributed by atoms with Crippen molar-refractivity contribution in [2.75, 3.05) is 0 Å². The summed E-state index contributed by atoms with van der Waals surface area (Å²) in [6, 6.07) is 9.40. The predicted molar refractivity (Wildman–Crippen MR) is 88.4 cm³/mol. The molecule has 1 aromatic heterocycles. The van der Waals surface area contributed by atoms with Gasteiger partial charge in [0.25, 0.3) is 11.5 Å². The minimum Gasteiger partial charge on any atom is -0.267 e. The molecule has 2 aromatic carbocycles. The second-order valence-corrected chi connectivity index (χ2v) is 5.21. The van der Waals surface area contributed by atoms with Gasteiger partial charge in [-0.25, -0.2) is 19.3 Å². The van der Waals surface area contributed by atoms with E-state index in [0.29, 0.717) is 10.8 Å². The zero-order valence-electron chi connectivity index (χ0n) is 13.0. The molecule has 0 atom stereocenters. The van der Waals surface area contributed by atoms with Crippen LogP contribution in [0.5, 0.6) is 0 Å². The van der Waals surface area contributed by atoms with Crippen LogP contribution in [0.1, 0.15) is 23.0 Å². The van der Waals surface area contributed by atoms with Gasteiger partial charge in [-0.15, -0.1) is 0 Å². The number of rotatable bonds is 3. The number of aromatic amines is 1. The second kappa shape index (κ2) is 6.60. The molecule has 2 N–H and O–H groups in total. The zero-order chi connectivity index (χ0) is 18.0. The second-order valence-electron chi connectivity index (χ2n) is 5.21. The summed E-state index contributed by atoms with van der Waals surface area (Å²) in [5.41, 5.74) is 1.79. The molecule has 1 amide bonds. The first-order chi connectivity index (χ1) is 12.0. The Morgan fingerprint density at radius 2 is 1.88 bits per heavy atom. The van der Waals surface area contributed by atoms with Crippen LogP contribution >= 0.6 is 0 Å². The molecule has 3 aromatic rings. The Morgan fingerprint density at radius 1 is 1.16 bits per heavy atom. The third-order valence-electron chi connectivity index (χ3n) is 3.55. The lowest BCUT2D eigenvalue weighted by Crippen LogP contribution is -2.23. The van der Waals surface area contributed by atoms with Gasteiger partial charge in [-0.2, -0.15) is 10.2 Å². The fourth-order valence-electron chi connectivity index (χ4n) is 2.31. The molecule has 0 fully saturated rings. The van der Waals surface area contributed by atoms with Gasteiger partial charge in [0.15, 0.2) is 5.69 Å². The van der Waals surface area contributed by atoms with Crippen molar-refractivity contribution < 1.29 is 13.6 Å². The van der Waals surface area contributed by atoms with E-state index >= 15 is 0 Å². The van der Waals surface area contributed by atoms with E-state index in [1.165, 1.54) is 6.92 Å². The number of H-pyrrole nitrogens is 1. The number of nitrogens with one attached hydrogen (secondary N) is 2. The van der Waals surface area contributed by atoms with Crippen molar-refractivity contribution in [2.24, 2.45) is 5.10 Å². The van der Waals surface area contributed by atoms with Gasteiger partial charge < -0.3 is 0 Å². The summed E-state index contributed by atoms with van der Waals surface area (Å²) in [4.78, 5) is 24.0. The van der Waals surface area contributed by atoms with Crippen molar-refractivity contribution in [3.05, 3.63) is 75.7 Å². The lowest BCUT2D eigenvalue weighted by molar-refractivity contribution is 0.0950. The van der Waals surface area contributed by atoms with E-state index in [4.69, 9.17) is 0 Å². The topological polar surface area (TPSA) is 87.2 Å². The van der Waals surface area contributed by atoms with Crippen LogP contribution in [0.3, 0.4) is 0 Å². The number of aromatic nitrogens is 2. The van der Waals surface area contributed by atoms with Gasteiger partial charge in [-0.05, 0) is 31.2 Å². The minimum absolute atomic E-state index is 0.0357. The molecule has 0 aliphatic heterocycles. The molecule has 0 bridgehead atoms. The highest BCUT2D eigenvalue weighted by atomic mass is 19.1. The molecule has 0 spiro atoms. The van der Waals surface area contributed by atoms with Crippen molar-refractivity contribution in [3.63, 3.8) is 0 Å². The Morgan fingerprint density at radius 3 is 2.64 bits per heavy atom. The number of carbonyl (C=O) groups is 1. The molecule has 1 heterocycles. The number of halogens is 2. The van der Waals surface area contributed by atoms with Gasteiger partial charge in [0.2, 0.25) is 0 Å². The van der Waals surface area contributed by atoms with E-state index in [-0.39, 0.29) is 17.0 Å². The molecular weight excluding hydrogens is 330 g/mol. The maximum Gasteiger partial charge on any atom is 0.292 e. The Kier molecular flexibility index (Phi) is 4.34. The van der Waals surface area contributed by atoms with Gasteiger partial charge in [-0.1, -0.05) is 18.2 Å². The number of hydrazone groups is 1. The van der Waals surface area contributed by atoms with Gasteiger partial charge in [0.1, 0.15) is 11.6 Å². The van der Waals surface area contributed by atoms with Crippen molar-refractivity contribution in [2.45, 2.75) is 6.92 Å². The first-order valence-corrected chi connectivity index (χ1v) is 7.25. The van der Waals surface area contributed by atoms with Crippen LogP contribution < -0.4 is 11.0 Å². The molecule has 0 radical (unpaired) electrons. The Hall–Kier alpha value is -3.42. The first-order valence-electron chi connectivity index (χ1n) is 7.25. The number of hydrogen-bond donors (Lipinski definition) is 2. The summed E-state index contributed by atoms with van der Waals surface area (Å²) >= 11 is 0. The number of amides is 1. The number of fused-ring (bicyclic) bond motifs is 1. The van der Waals surface area contributed by atoms with E-state index in [0.717, 1.165) is 18.2 Å². The molecule has 0 aliphatic carbocycles. The molecule has 3 rings (SSSR count). The third-order valence-corrected chi connectivity index (χ3v) is 3.55. The van der Waals surface area contributed by atoms with Gasteiger partial charge in [0.05, 0.1) is 11.1 Å². The predicted octanol–water partition coefficient (Wildman–Crippen LogP) is 2.36. The van der Waals surface area contributed by atoms with Crippen LogP contribution in [0.15, 0.2) is 52.4 Å². The monoisotopic (exact) mass is 342 g/mol. The minimum atomic E-state index is -0.691. The van der Waals surface area contributed by atoms with Crippen LogP contribution in [0.2, 0.25) is 0 Å². The summed E-state index contributed by atoms with van der Waals surface area (Å²) in [6.45, 7) is 1.43. The normalized spacial score (nSPS) is 11.6. The summed E-state index contributed by atoms with van der Waals surface area (Å²) in [6.07, 6.45) is 0. The molecule has 8 heteroatoms. The van der Waals surface area contributed by atoms with Crippen LogP contribution in [0.25, 0.3) is 10.8 Å². The average Bonchev–Trinajstić information content (AvgIpc) is 2.62. The summed E-state index contributed by atoms with van der Waals surface area (Å²) in [5.74, 6) is -1.97. The molecule has 6 nitrogen and oxygen atoms in total. The highest BCUT2D eigenvalue weighted by Crippen LogP contribution is 2.13. The largest absolute Gasteiger partial charge is 0.292 e. The van der Waals surface area contributed by atoms with Gasteiger partial charge in [0, 0.05) is 10.9 Å².